The van der Waals surface area contributed by atoms with Crippen LogP contribution in [0.5, 0.6) is 0 Å². The van der Waals surface area contributed by atoms with E-state index in [1.54, 1.807) is 0 Å². The van der Waals surface area contributed by atoms with Crippen molar-refractivity contribution in [2.45, 2.75) is 27.3 Å². The van der Waals surface area contributed by atoms with E-state index in [0.717, 1.165) is 22.3 Å². The highest BCUT2D eigenvalue weighted by atomic mass is 32.2. The van der Waals surface area contributed by atoms with E-state index in [4.69, 9.17) is 0 Å². The molecule has 0 heterocycles. The number of hydrogen-bond donors (Lipinski definition) is 0. The van der Waals surface area contributed by atoms with Crippen LogP contribution in [0.1, 0.15) is 22.3 Å². The van der Waals surface area contributed by atoms with Gasteiger partial charge in [-0.25, -0.2) is 8.42 Å². The maximum absolute atomic E-state index is 12.2. The van der Waals surface area contributed by atoms with Gasteiger partial charge in [0.2, 0.25) is 10.0 Å². The summed E-state index contributed by atoms with van der Waals surface area (Å²) in [6.45, 7) is 6.36. The summed E-state index contributed by atoms with van der Waals surface area (Å²) in [5, 5.41) is 0. The highest BCUT2D eigenvalue weighted by Crippen LogP contribution is 2.24. The predicted molar refractivity (Wildman–Crippen MR) is 88.1 cm³/mol. The van der Waals surface area contributed by atoms with Crippen LogP contribution in [-0.2, 0) is 16.6 Å². The minimum Gasteiger partial charge on any atom is -0.266 e. The zero-order valence-corrected chi connectivity index (χ0v) is 13.7. The third-order valence-electron chi connectivity index (χ3n) is 3.75. The molecule has 2 rings (SSSR count). The van der Waals surface area contributed by atoms with Gasteiger partial charge in [0.25, 0.3) is 0 Å². The molecule has 3 nitrogen and oxygen atoms in total. The van der Waals surface area contributed by atoms with E-state index in [-0.39, 0.29) is 0 Å². The maximum atomic E-state index is 12.2. The van der Waals surface area contributed by atoms with Gasteiger partial charge in [-0.3, -0.25) is 4.31 Å². The summed E-state index contributed by atoms with van der Waals surface area (Å²) >= 11 is 0. The Morgan fingerprint density at radius 2 is 1.57 bits per heavy atom. The van der Waals surface area contributed by atoms with E-state index >= 15 is 0 Å². The summed E-state index contributed by atoms with van der Waals surface area (Å²) in [7, 11) is -3.33. The van der Waals surface area contributed by atoms with Crippen LogP contribution >= 0.6 is 0 Å². The zero-order chi connectivity index (χ0) is 15.6. The molecule has 0 N–H and O–H groups in total. The second-order valence-electron chi connectivity index (χ2n) is 5.46. The molecular formula is C17H21NO2S. The van der Waals surface area contributed by atoms with Gasteiger partial charge in [0, 0.05) is 0 Å². The molecule has 0 saturated heterocycles. The minimum absolute atomic E-state index is 0.355. The van der Waals surface area contributed by atoms with Gasteiger partial charge in [-0.2, -0.15) is 0 Å². The minimum atomic E-state index is -3.33. The van der Waals surface area contributed by atoms with Crippen molar-refractivity contribution >= 4 is 15.7 Å². The van der Waals surface area contributed by atoms with Crippen molar-refractivity contribution in [2.24, 2.45) is 0 Å². The molecule has 4 heteroatoms. The molecule has 0 aromatic heterocycles. The smallest absolute Gasteiger partial charge is 0.232 e. The van der Waals surface area contributed by atoms with Crippen LogP contribution in [0.25, 0.3) is 0 Å². The molecule has 0 radical (unpaired) electrons. The van der Waals surface area contributed by atoms with Crippen molar-refractivity contribution in [3.8, 4) is 0 Å². The molecule has 0 unspecified atom stereocenters. The van der Waals surface area contributed by atoms with Crippen LogP contribution in [0, 0.1) is 20.8 Å². The lowest BCUT2D eigenvalue weighted by atomic mass is 10.1. The van der Waals surface area contributed by atoms with Crippen molar-refractivity contribution in [3.63, 3.8) is 0 Å². The number of rotatable bonds is 4. The first-order chi connectivity index (χ1) is 9.79. The Bertz CT molecular complexity index is 751. The van der Waals surface area contributed by atoms with Gasteiger partial charge in [-0.1, -0.05) is 30.3 Å². The lowest BCUT2D eigenvalue weighted by Crippen LogP contribution is -2.29. The lowest BCUT2D eigenvalue weighted by molar-refractivity contribution is 0.596. The van der Waals surface area contributed by atoms with E-state index in [1.165, 1.54) is 10.6 Å². The molecule has 0 spiro atoms. The monoisotopic (exact) mass is 303 g/mol. The van der Waals surface area contributed by atoms with Crippen LogP contribution in [0.3, 0.4) is 0 Å². The lowest BCUT2D eigenvalue weighted by Gasteiger charge is -2.24. The average molecular weight is 303 g/mol. The molecule has 0 bridgehead atoms. The van der Waals surface area contributed by atoms with E-state index in [1.807, 2.05) is 63.2 Å². The van der Waals surface area contributed by atoms with E-state index < -0.39 is 10.0 Å². The third-order valence-corrected chi connectivity index (χ3v) is 4.89. The van der Waals surface area contributed by atoms with Crippen molar-refractivity contribution in [1.82, 2.24) is 0 Å². The van der Waals surface area contributed by atoms with Gasteiger partial charge in [-0.05, 0) is 55.2 Å². The Labute approximate surface area is 127 Å². The fourth-order valence-corrected chi connectivity index (χ4v) is 3.09. The topological polar surface area (TPSA) is 37.4 Å². The fourth-order valence-electron chi connectivity index (χ4n) is 2.22. The second-order valence-corrected chi connectivity index (χ2v) is 7.37. The summed E-state index contributed by atoms with van der Waals surface area (Å²) in [6.07, 6.45) is 1.25. The second kappa shape index (κ2) is 5.90. The number of aryl methyl sites for hydroxylation is 3. The van der Waals surface area contributed by atoms with Crippen LogP contribution in [-0.4, -0.2) is 14.7 Å². The van der Waals surface area contributed by atoms with Gasteiger partial charge in [0.05, 0.1) is 18.5 Å². The predicted octanol–water partition coefficient (Wildman–Crippen LogP) is 3.58. The first-order valence-corrected chi connectivity index (χ1v) is 8.73. The highest BCUT2D eigenvalue weighted by Gasteiger charge is 2.18. The van der Waals surface area contributed by atoms with Crippen molar-refractivity contribution < 1.29 is 8.42 Å². The molecule has 112 valence electrons. The van der Waals surface area contributed by atoms with E-state index in [2.05, 4.69) is 0 Å². The van der Waals surface area contributed by atoms with Gasteiger partial charge in [0.1, 0.15) is 0 Å². The van der Waals surface area contributed by atoms with Crippen molar-refractivity contribution in [1.29, 1.82) is 0 Å². The Kier molecular flexibility index (Phi) is 4.37. The molecule has 0 aliphatic rings. The summed E-state index contributed by atoms with van der Waals surface area (Å²) in [5.74, 6) is 0. The molecule has 0 aliphatic carbocycles. The quantitative estimate of drug-likeness (QED) is 0.866. The number of benzene rings is 2. The summed E-state index contributed by atoms with van der Waals surface area (Å²) < 4.78 is 25.8. The summed E-state index contributed by atoms with van der Waals surface area (Å²) in [6, 6.07) is 13.6. The number of sulfonamides is 1. The maximum Gasteiger partial charge on any atom is 0.232 e. The van der Waals surface area contributed by atoms with Gasteiger partial charge in [0.15, 0.2) is 0 Å². The molecule has 0 saturated carbocycles. The Balaban J connectivity index is 2.45. The highest BCUT2D eigenvalue weighted by molar-refractivity contribution is 7.92. The molecule has 0 fully saturated rings. The average Bonchev–Trinajstić information content (AvgIpc) is 2.40. The standard InChI is InChI=1S/C17H21NO2S/c1-13-9-10-17(11-15(13)3)18(21(4,19)20)12-16-8-6-5-7-14(16)2/h5-11H,12H2,1-4H3. The molecule has 0 atom stereocenters. The molecule has 2 aromatic rings. The normalized spacial score (nSPS) is 11.4. The first kappa shape index (κ1) is 15.6. The molecule has 21 heavy (non-hydrogen) atoms. The van der Waals surface area contributed by atoms with E-state index in [9.17, 15) is 8.42 Å². The summed E-state index contributed by atoms with van der Waals surface area (Å²) in [4.78, 5) is 0. The fraction of sp³-hybridized carbons (Fsp3) is 0.294. The number of hydrogen-bond acceptors (Lipinski definition) is 2. The number of nitrogens with zero attached hydrogens (tertiary/aromatic N) is 1. The van der Waals surface area contributed by atoms with Gasteiger partial charge in [-0.15, -0.1) is 0 Å². The summed E-state index contributed by atoms with van der Waals surface area (Å²) in [5.41, 5.74) is 5.06. The third kappa shape index (κ3) is 3.64. The Morgan fingerprint density at radius 1 is 0.905 bits per heavy atom. The van der Waals surface area contributed by atoms with Crippen molar-refractivity contribution in [2.75, 3.05) is 10.6 Å². The SMILES string of the molecule is Cc1ccc(N(Cc2ccccc2C)S(C)(=O)=O)cc1C. The number of anilines is 1. The van der Waals surface area contributed by atoms with Gasteiger partial charge < -0.3 is 0 Å². The van der Waals surface area contributed by atoms with Crippen molar-refractivity contribution in [3.05, 3.63) is 64.7 Å². The Hall–Kier alpha value is -1.81. The van der Waals surface area contributed by atoms with Crippen LogP contribution in [0.4, 0.5) is 5.69 Å². The first-order valence-electron chi connectivity index (χ1n) is 6.88. The van der Waals surface area contributed by atoms with Gasteiger partial charge >= 0.3 is 0 Å². The van der Waals surface area contributed by atoms with E-state index in [0.29, 0.717) is 12.2 Å². The Morgan fingerprint density at radius 3 is 2.14 bits per heavy atom. The largest absolute Gasteiger partial charge is 0.266 e. The molecule has 0 amide bonds. The molecule has 2 aromatic carbocycles. The van der Waals surface area contributed by atoms with Crippen LogP contribution in [0.2, 0.25) is 0 Å². The molecule has 0 aliphatic heterocycles. The molecular weight excluding hydrogens is 282 g/mol. The van der Waals surface area contributed by atoms with Crippen LogP contribution in [0.15, 0.2) is 42.5 Å². The van der Waals surface area contributed by atoms with Crippen LogP contribution < -0.4 is 4.31 Å². The zero-order valence-electron chi connectivity index (χ0n) is 12.9.